The highest BCUT2D eigenvalue weighted by Crippen LogP contribution is 2.55. The molecular weight excluding hydrogens is 882 g/mol. The molecule has 2 aliphatic heterocycles. The highest BCUT2D eigenvalue weighted by Gasteiger charge is 2.48. The second-order valence-corrected chi connectivity index (χ2v) is 25.9. The first-order valence-electron chi connectivity index (χ1n) is 26.6. The Kier molecular flexibility index (Phi) is 10.3. The molecule has 3 heterocycles. The summed E-state index contributed by atoms with van der Waals surface area (Å²) in [6.45, 7) is 32.8. The molecule has 3 aliphatic rings. The topological polar surface area (TPSA) is 11.4 Å². The van der Waals surface area contributed by atoms with Crippen LogP contribution in [0.5, 0.6) is 0 Å². The summed E-state index contributed by atoms with van der Waals surface area (Å²) in [5.41, 5.74) is 26.6. The zero-order valence-electron chi connectivity index (χ0n) is 45.6. The summed E-state index contributed by atoms with van der Waals surface area (Å²) in [4.78, 5) is 5.14. The van der Waals surface area contributed by atoms with Gasteiger partial charge in [-0.2, -0.15) is 0 Å². The second kappa shape index (κ2) is 16.0. The molecule has 0 bridgehead atoms. The van der Waals surface area contributed by atoms with Gasteiger partial charge in [0, 0.05) is 67.3 Å². The number of fused-ring (bicyclic) bond motifs is 9. The average molecular weight is 952 g/mol. The summed E-state index contributed by atoms with van der Waals surface area (Å²) in [6.07, 6.45) is 0. The Morgan fingerprint density at radius 2 is 0.986 bits per heavy atom. The minimum atomic E-state index is -0.219. The summed E-state index contributed by atoms with van der Waals surface area (Å²) >= 11 is 0. The van der Waals surface area contributed by atoms with Gasteiger partial charge >= 0.3 is 0 Å². The molecule has 0 fully saturated rings. The van der Waals surface area contributed by atoms with Gasteiger partial charge in [0.15, 0.2) is 0 Å². The van der Waals surface area contributed by atoms with E-state index >= 15 is 0 Å². The monoisotopic (exact) mass is 952 g/mol. The fraction of sp³-hybridized carbons (Fsp3) is 0.275. The van der Waals surface area contributed by atoms with Gasteiger partial charge in [-0.1, -0.05) is 206 Å². The Balaban J connectivity index is 1.20. The van der Waals surface area contributed by atoms with Crippen molar-refractivity contribution in [3.05, 3.63) is 203 Å². The maximum absolute atomic E-state index is 2.72. The SMILES string of the molecule is CC(C)(C)c1ccc(N(c2ccc(C(C)(C)C)cc2)c2ccc3c(c2)N(c2ccc(C(C)(C)C)cc2-c2ccccc2)c2cc(C(C)(C)C)cc4c2B3c2cccc3c5c(n-4c23)C(C)(C)c2ccccc2-5)cc1. The number of para-hydroxylation sites is 1. The van der Waals surface area contributed by atoms with Crippen molar-refractivity contribution >= 4 is 68.1 Å². The Bertz CT molecular complexity index is 3620. The van der Waals surface area contributed by atoms with Crippen molar-refractivity contribution in [2.75, 3.05) is 9.80 Å². The summed E-state index contributed by atoms with van der Waals surface area (Å²) in [5.74, 6) is 0. The number of aromatic nitrogens is 1. The third-order valence-corrected chi connectivity index (χ3v) is 16.6. The first kappa shape index (κ1) is 47.0. The van der Waals surface area contributed by atoms with Gasteiger partial charge in [-0.15, -0.1) is 0 Å². The van der Waals surface area contributed by atoms with Crippen LogP contribution >= 0.6 is 0 Å². The minimum Gasteiger partial charge on any atom is -0.313 e. The van der Waals surface area contributed by atoms with Crippen LogP contribution in [0.4, 0.5) is 34.1 Å². The van der Waals surface area contributed by atoms with E-state index in [-0.39, 0.29) is 33.8 Å². The van der Waals surface area contributed by atoms with Crippen molar-refractivity contribution in [1.82, 2.24) is 4.57 Å². The molecule has 3 nitrogen and oxygen atoms in total. The number of hydrogen-bond acceptors (Lipinski definition) is 2. The summed E-state index contributed by atoms with van der Waals surface area (Å²) in [7, 11) is 0. The number of nitrogens with zero attached hydrogens (tertiary/aromatic N) is 3. The van der Waals surface area contributed by atoms with Gasteiger partial charge in [0.2, 0.25) is 0 Å². The molecule has 0 atom stereocenters. The number of rotatable bonds is 5. The minimum absolute atomic E-state index is 0.0106. The van der Waals surface area contributed by atoms with E-state index < -0.39 is 0 Å². The van der Waals surface area contributed by atoms with Crippen LogP contribution < -0.4 is 26.2 Å². The molecule has 4 heteroatoms. The standard InChI is InChI=1S/C69H70BN3/c1-65(2,3)44-27-32-48(33-28-44)71(49-34-29-45(30-35-49)66(4,5)6)50-36-37-55-58(42-50)72(57-38-31-46(67(7,8)9)39-53(57)43-21-16-15-17-22-43)59-40-47(68(10,11)12)41-60-62(59)70(55)56-26-20-24-52-61-51-23-18-19-25-54(51)69(13,14)64(61)73(60)63(52)56/h15-42H,1-14H3. The van der Waals surface area contributed by atoms with Gasteiger partial charge in [-0.25, -0.2) is 0 Å². The largest absolute Gasteiger partial charge is 0.313 e. The molecule has 12 rings (SSSR count). The molecule has 364 valence electrons. The lowest BCUT2D eigenvalue weighted by Crippen LogP contribution is -2.60. The van der Waals surface area contributed by atoms with Crippen molar-refractivity contribution < 1.29 is 0 Å². The zero-order chi connectivity index (χ0) is 51.3. The van der Waals surface area contributed by atoms with Crippen molar-refractivity contribution in [2.24, 2.45) is 0 Å². The van der Waals surface area contributed by atoms with Crippen molar-refractivity contribution in [3.63, 3.8) is 0 Å². The van der Waals surface area contributed by atoms with Crippen molar-refractivity contribution in [2.45, 2.75) is 124 Å². The molecule has 0 radical (unpaired) electrons. The highest BCUT2D eigenvalue weighted by atomic mass is 15.2. The fourth-order valence-electron chi connectivity index (χ4n) is 12.5. The lowest BCUT2D eigenvalue weighted by atomic mass is 9.33. The van der Waals surface area contributed by atoms with Crippen LogP contribution in [0.15, 0.2) is 170 Å². The fourth-order valence-corrected chi connectivity index (χ4v) is 12.5. The van der Waals surface area contributed by atoms with Gasteiger partial charge in [0.05, 0.1) is 5.69 Å². The molecule has 0 saturated heterocycles. The Morgan fingerprint density at radius 1 is 0.425 bits per heavy atom. The van der Waals surface area contributed by atoms with Crippen LogP contribution in [0.25, 0.3) is 38.8 Å². The van der Waals surface area contributed by atoms with Crippen LogP contribution in [0.3, 0.4) is 0 Å². The molecule has 1 aliphatic carbocycles. The molecule has 0 N–H and O–H groups in total. The van der Waals surface area contributed by atoms with Crippen molar-refractivity contribution in [3.8, 4) is 27.9 Å². The summed E-state index contributed by atoms with van der Waals surface area (Å²) < 4.78 is 2.72. The van der Waals surface area contributed by atoms with E-state index in [1.165, 1.54) is 106 Å². The quantitative estimate of drug-likeness (QED) is 0.159. The molecule has 0 saturated carbocycles. The molecule has 0 amide bonds. The predicted molar refractivity (Wildman–Crippen MR) is 315 cm³/mol. The summed E-state index contributed by atoms with van der Waals surface area (Å²) in [6, 6.07) is 65.7. The van der Waals surface area contributed by atoms with E-state index in [2.05, 4.69) is 281 Å². The first-order chi connectivity index (χ1) is 34.5. The lowest BCUT2D eigenvalue weighted by molar-refractivity contribution is 0.588. The van der Waals surface area contributed by atoms with Crippen LogP contribution in [-0.4, -0.2) is 11.3 Å². The van der Waals surface area contributed by atoms with Gasteiger partial charge in [0.1, 0.15) is 0 Å². The molecular formula is C69H70BN3. The van der Waals surface area contributed by atoms with Crippen LogP contribution in [-0.2, 0) is 27.1 Å². The molecule has 0 unspecified atom stereocenters. The van der Waals surface area contributed by atoms with Gasteiger partial charge in [0.25, 0.3) is 6.71 Å². The number of hydrogen-bond donors (Lipinski definition) is 0. The Labute approximate surface area is 435 Å². The van der Waals surface area contributed by atoms with Crippen molar-refractivity contribution in [1.29, 1.82) is 0 Å². The van der Waals surface area contributed by atoms with Crippen LogP contribution in [0, 0.1) is 0 Å². The summed E-state index contributed by atoms with van der Waals surface area (Å²) in [5, 5.41) is 1.34. The number of benzene rings is 8. The maximum atomic E-state index is 2.72. The van der Waals surface area contributed by atoms with E-state index in [0.29, 0.717) is 0 Å². The molecule has 8 aromatic carbocycles. The first-order valence-corrected chi connectivity index (χ1v) is 26.6. The normalized spacial score (nSPS) is 14.5. The third kappa shape index (κ3) is 7.29. The lowest BCUT2D eigenvalue weighted by Gasteiger charge is -2.43. The zero-order valence-corrected chi connectivity index (χ0v) is 45.6. The maximum Gasteiger partial charge on any atom is 0.252 e. The van der Waals surface area contributed by atoms with Gasteiger partial charge < -0.3 is 14.4 Å². The molecule has 0 spiro atoms. The van der Waals surface area contributed by atoms with Gasteiger partial charge in [-0.05, 0) is 138 Å². The van der Waals surface area contributed by atoms with E-state index in [1.807, 2.05) is 0 Å². The van der Waals surface area contributed by atoms with E-state index in [4.69, 9.17) is 0 Å². The highest BCUT2D eigenvalue weighted by molar-refractivity contribution is 7.00. The smallest absolute Gasteiger partial charge is 0.252 e. The van der Waals surface area contributed by atoms with E-state index in [1.54, 1.807) is 0 Å². The van der Waals surface area contributed by atoms with Crippen LogP contribution in [0.1, 0.15) is 130 Å². The van der Waals surface area contributed by atoms with E-state index in [0.717, 1.165) is 17.1 Å². The average Bonchev–Trinajstić information content (AvgIpc) is 3.83. The molecule has 73 heavy (non-hydrogen) atoms. The van der Waals surface area contributed by atoms with E-state index in [9.17, 15) is 0 Å². The number of anilines is 6. The molecule has 9 aromatic rings. The van der Waals surface area contributed by atoms with Crippen LogP contribution in [0.2, 0.25) is 0 Å². The van der Waals surface area contributed by atoms with Gasteiger partial charge in [-0.3, -0.25) is 0 Å². The Morgan fingerprint density at radius 3 is 1.60 bits per heavy atom. The second-order valence-electron chi connectivity index (χ2n) is 25.9. The molecule has 1 aromatic heterocycles. The predicted octanol–water partition coefficient (Wildman–Crippen LogP) is 16.9. The Hall–Kier alpha value is -7.04. The third-order valence-electron chi connectivity index (χ3n) is 16.6.